The van der Waals surface area contributed by atoms with Crippen LogP contribution < -0.4 is 4.72 Å². The highest BCUT2D eigenvalue weighted by atomic mass is 32.2. The van der Waals surface area contributed by atoms with Gasteiger partial charge in [0.25, 0.3) is 10.0 Å². The molecular formula is C15H12FN3O2S. The highest BCUT2D eigenvalue weighted by Crippen LogP contribution is 2.20. The van der Waals surface area contributed by atoms with Crippen LogP contribution in [-0.4, -0.2) is 18.4 Å². The number of hydrogen-bond donors (Lipinski definition) is 2. The van der Waals surface area contributed by atoms with Crippen molar-refractivity contribution in [2.24, 2.45) is 0 Å². The minimum Gasteiger partial charge on any atom is -0.345 e. The van der Waals surface area contributed by atoms with Crippen LogP contribution in [0.4, 0.5) is 10.1 Å². The summed E-state index contributed by atoms with van der Waals surface area (Å²) >= 11 is 0. The molecule has 112 valence electrons. The molecule has 22 heavy (non-hydrogen) atoms. The molecule has 0 unspecified atom stereocenters. The van der Waals surface area contributed by atoms with E-state index < -0.39 is 15.8 Å². The van der Waals surface area contributed by atoms with Crippen LogP contribution in [0.15, 0.2) is 65.8 Å². The van der Waals surface area contributed by atoms with Crippen LogP contribution in [0.2, 0.25) is 0 Å². The molecule has 0 atom stereocenters. The van der Waals surface area contributed by atoms with E-state index in [1.54, 1.807) is 36.7 Å². The zero-order valence-corrected chi connectivity index (χ0v) is 12.1. The number of aromatic amines is 1. The maximum atomic E-state index is 12.9. The summed E-state index contributed by atoms with van der Waals surface area (Å²) in [4.78, 5) is 7.09. The summed E-state index contributed by atoms with van der Waals surface area (Å²) in [6, 6.07) is 11.4. The maximum absolute atomic E-state index is 12.9. The topological polar surface area (TPSA) is 74.8 Å². The van der Waals surface area contributed by atoms with Crippen LogP contribution in [0.3, 0.4) is 0 Å². The van der Waals surface area contributed by atoms with Crippen molar-refractivity contribution < 1.29 is 12.8 Å². The van der Waals surface area contributed by atoms with E-state index in [9.17, 15) is 12.8 Å². The van der Waals surface area contributed by atoms with Crippen molar-refractivity contribution >= 4 is 15.7 Å². The Kier molecular flexibility index (Phi) is 3.64. The number of nitrogens with zero attached hydrogens (tertiary/aromatic N) is 1. The summed E-state index contributed by atoms with van der Waals surface area (Å²) in [5.74, 6) is 0.217. The third-order valence-corrected chi connectivity index (χ3v) is 4.43. The number of halogens is 1. The first kappa shape index (κ1) is 14.3. The summed E-state index contributed by atoms with van der Waals surface area (Å²) in [6.45, 7) is 0. The molecular weight excluding hydrogens is 305 g/mol. The normalized spacial score (nSPS) is 11.3. The average Bonchev–Trinajstić information content (AvgIpc) is 3.02. The molecule has 0 radical (unpaired) electrons. The fourth-order valence-electron chi connectivity index (χ4n) is 1.95. The van der Waals surface area contributed by atoms with Gasteiger partial charge in [0.05, 0.1) is 4.90 Å². The number of hydrogen-bond acceptors (Lipinski definition) is 3. The van der Waals surface area contributed by atoms with Gasteiger partial charge in [-0.2, -0.15) is 0 Å². The number of rotatable bonds is 4. The fourth-order valence-corrected chi connectivity index (χ4v) is 3.01. The van der Waals surface area contributed by atoms with Crippen LogP contribution in [0.1, 0.15) is 0 Å². The molecule has 3 rings (SSSR count). The number of imidazole rings is 1. The van der Waals surface area contributed by atoms with Gasteiger partial charge in [-0.15, -0.1) is 0 Å². The van der Waals surface area contributed by atoms with E-state index in [0.717, 1.165) is 17.7 Å². The second-order valence-corrected chi connectivity index (χ2v) is 6.26. The van der Waals surface area contributed by atoms with Crippen LogP contribution in [0.25, 0.3) is 11.4 Å². The smallest absolute Gasteiger partial charge is 0.261 e. The van der Waals surface area contributed by atoms with Gasteiger partial charge < -0.3 is 4.98 Å². The molecule has 0 amide bonds. The van der Waals surface area contributed by atoms with Crippen LogP contribution in [0, 0.1) is 5.82 Å². The molecule has 0 bridgehead atoms. The van der Waals surface area contributed by atoms with Crippen molar-refractivity contribution in [2.75, 3.05) is 4.72 Å². The van der Waals surface area contributed by atoms with E-state index in [2.05, 4.69) is 14.7 Å². The Balaban J connectivity index is 1.82. The van der Waals surface area contributed by atoms with E-state index in [-0.39, 0.29) is 4.90 Å². The zero-order chi connectivity index (χ0) is 15.6. The van der Waals surface area contributed by atoms with E-state index in [4.69, 9.17) is 0 Å². The van der Waals surface area contributed by atoms with E-state index in [0.29, 0.717) is 11.5 Å². The lowest BCUT2D eigenvalue weighted by Crippen LogP contribution is -2.12. The van der Waals surface area contributed by atoms with Crippen LogP contribution >= 0.6 is 0 Å². The van der Waals surface area contributed by atoms with Crippen molar-refractivity contribution in [3.63, 3.8) is 0 Å². The molecule has 7 heteroatoms. The summed E-state index contributed by atoms with van der Waals surface area (Å²) in [5.41, 5.74) is 1.26. The lowest BCUT2D eigenvalue weighted by molar-refractivity contribution is 0.599. The van der Waals surface area contributed by atoms with E-state index in [1.165, 1.54) is 12.1 Å². The SMILES string of the molecule is O=S(=O)(Nc1ccc(-c2ncc[nH]2)cc1)c1ccc(F)cc1. The van der Waals surface area contributed by atoms with Crippen LogP contribution in [0.5, 0.6) is 0 Å². The Morgan fingerprint density at radius 3 is 2.27 bits per heavy atom. The molecule has 2 aromatic carbocycles. The number of anilines is 1. The second-order valence-electron chi connectivity index (χ2n) is 4.57. The first-order valence-corrected chi connectivity index (χ1v) is 7.91. The van der Waals surface area contributed by atoms with Crippen molar-refractivity contribution in [3.8, 4) is 11.4 Å². The van der Waals surface area contributed by atoms with Gasteiger partial charge in [-0.25, -0.2) is 17.8 Å². The Morgan fingerprint density at radius 1 is 1.00 bits per heavy atom. The number of nitrogens with one attached hydrogen (secondary N) is 2. The van der Waals surface area contributed by atoms with E-state index in [1.807, 2.05) is 0 Å². The fraction of sp³-hybridized carbons (Fsp3) is 0. The lowest BCUT2D eigenvalue weighted by Gasteiger charge is -2.08. The maximum Gasteiger partial charge on any atom is 0.261 e. The zero-order valence-electron chi connectivity index (χ0n) is 11.3. The molecule has 0 aliphatic heterocycles. The van der Waals surface area contributed by atoms with Gasteiger partial charge in [0.1, 0.15) is 11.6 Å². The summed E-state index contributed by atoms with van der Waals surface area (Å²) in [5, 5.41) is 0. The minimum atomic E-state index is -3.74. The molecule has 3 aromatic rings. The number of aromatic nitrogens is 2. The number of H-pyrrole nitrogens is 1. The molecule has 0 aliphatic carbocycles. The molecule has 5 nitrogen and oxygen atoms in total. The molecule has 0 spiro atoms. The number of benzene rings is 2. The molecule has 0 saturated heterocycles. The predicted molar refractivity (Wildman–Crippen MR) is 81.2 cm³/mol. The number of sulfonamides is 1. The molecule has 0 saturated carbocycles. The highest BCUT2D eigenvalue weighted by molar-refractivity contribution is 7.92. The molecule has 0 fully saturated rings. The van der Waals surface area contributed by atoms with Crippen molar-refractivity contribution in [1.82, 2.24) is 9.97 Å². The van der Waals surface area contributed by atoms with Gasteiger partial charge in [-0.05, 0) is 48.5 Å². The second kappa shape index (κ2) is 5.61. The molecule has 1 heterocycles. The summed E-state index contributed by atoms with van der Waals surface area (Å²) in [7, 11) is -3.74. The monoisotopic (exact) mass is 317 g/mol. The largest absolute Gasteiger partial charge is 0.345 e. The summed E-state index contributed by atoms with van der Waals surface area (Å²) in [6.07, 6.45) is 3.35. The Bertz CT molecular complexity index is 858. The predicted octanol–water partition coefficient (Wildman–Crippen LogP) is 3.02. The molecule has 1 aromatic heterocycles. The highest BCUT2D eigenvalue weighted by Gasteiger charge is 2.14. The van der Waals surface area contributed by atoms with Crippen LogP contribution in [-0.2, 0) is 10.0 Å². The Morgan fingerprint density at radius 2 is 1.68 bits per heavy atom. The van der Waals surface area contributed by atoms with Gasteiger partial charge >= 0.3 is 0 Å². The average molecular weight is 317 g/mol. The first-order chi connectivity index (χ1) is 10.5. The molecule has 2 N–H and O–H groups in total. The molecule has 0 aliphatic rings. The third kappa shape index (κ3) is 2.99. The van der Waals surface area contributed by atoms with Gasteiger partial charge in [0.15, 0.2) is 0 Å². The standard InChI is InChI=1S/C15H12FN3O2S/c16-12-3-7-14(8-4-12)22(20,21)19-13-5-1-11(2-6-13)15-17-9-10-18-15/h1-10,19H,(H,17,18). The minimum absolute atomic E-state index is 0.00371. The quantitative estimate of drug-likeness (QED) is 0.776. The lowest BCUT2D eigenvalue weighted by atomic mass is 10.2. The van der Waals surface area contributed by atoms with Gasteiger partial charge in [0.2, 0.25) is 0 Å². The van der Waals surface area contributed by atoms with Crippen molar-refractivity contribution in [2.45, 2.75) is 4.90 Å². The third-order valence-electron chi connectivity index (χ3n) is 3.03. The van der Waals surface area contributed by atoms with Crippen molar-refractivity contribution in [1.29, 1.82) is 0 Å². The first-order valence-electron chi connectivity index (χ1n) is 6.43. The Hall–Kier alpha value is -2.67. The van der Waals surface area contributed by atoms with E-state index >= 15 is 0 Å². The van der Waals surface area contributed by atoms with Crippen molar-refractivity contribution in [3.05, 3.63) is 66.7 Å². The van der Waals surface area contributed by atoms with Gasteiger partial charge in [-0.3, -0.25) is 4.72 Å². The summed E-state index contributed by atoms with van der Waals surface area (Å²) < 4.78 is 39.7. The van der Waals surface area contributed by atoms with Gasteiger partial charge in [0, 0.05) is 23.6 Å². The van der Waals surface area contributed by atoms with Gasteiger partial charge in [-0.1, -0.05) is 0 Å². The Labute approximate surface area is 126 Å².